The lowest BCUT2D eigenvalue weighted by molar-refractivity contribution is 0.443. The third-order valence-electron chi connectivity index (χ3n) is 2.42. The normalized spacial score (nSPS) is 16.9. The van der Waals surface area contributed by atoms with Crippen LogP contribution in [-0.2, 0) is 0 Å². The summed E-state index contributed by atoms with van der Waals surface area (Å²) in [5, 5.41) is 4.53. The number of nitrogens with zero attached hydrogens (tertiary/aromatic N) is 1. The number of benzene rings is 1. The van der Waals surface area contributed by atoms with Gasteiger partial charge in [0, 0.05) is 17.6 Å². The van der Waals surface area contributed by atoms with Gasteiger partial charge in [-0.25, -0.2) is 0 Å². The van der Waals surface area contributed by atoms with Gasteiger partial charge in [0.25, 0.3) is 0 Å². The number of fused-ring (bicyclic) bond motifs is 2. The molecular formula is C12H10N2. The molecule has 0 bridgehead atoms. The van der Waals surface area contributed by atoms with E-state index in [9.17, 15) is 0 Å². The van der Waals surface area contributed by atoms with Gasteiger partial charge >= 0.3 is 0 Å². The van der Waals surface area contributed by atoms with Gasteiger partial charge in [-0.2, -0.15) is 0 Å². The van der Waals surface area contributed by atoms with Crippen molar-refractivity contribution < 1.29 is 0 Å². The molecule has 0 radical (unpaired) electrons. The van der Waals surface area contributed by atoms with Crippen LogP contribution in [0.1, 0.15) is 0 Å². The molecule has 1 N–H and O–H groups in total. The maximum Gasteiger partial charge on any atom is 0.0630 e. The molecule has 0 fully saturated rings. The largest absolute Gasteiger partial charge is 0.302 e. The van der Waals surface area contributed by atoms with Crippen molar-refractivity contribution in [3.8, 4) is 0 Å². The average molecular weight is 182 g/mol. The van der Waals surface area contributed by atoms with Gasteiger partial charge in [0.1, 0.15) is 0 Å². The fourth-order valence-corrected chi connectivity index (χ4v) is 1.71. The van der Waals surface area contributed by atoms with Gasteiger partial charge in [-0.15, -0.1) is 0 Å². The second kappa shape index (κ2) is 2.77. The van der Waals surface area contributed by atoms with E-state index >= 15 is 0 Å². The molecule has 0 aliphatic carbocycles. The number of hydrazine groups is 1. The minimum atomic E-state index is 1.17. The van der Waals surface area contributed by atoms with Gasteiger partial charge < -0.3 is 5.43 Å². The van der Waals surface area contributed by atoms with Crippen molar-refractivity contribution in [3.63, 3.8) is 0 Å². The van der Waals surface area contributed by atoms with E-state index < -0.39 is 0 Å². The summed E-state index contributed by atoms with van der Waals surface area (Å²) in [6, 6.07) is 8.36. The topological polar surface area (TPSA) is 15.3 Å². The van der Waals surface area contributed by atoms with Crippen LogP contribution in [-0.4, -0.2) is 5.01 Å². The van der Waals surface area contributed by atoms with Crippen molar-refractivity contribution in [3.05, 3.63) is 58.8 Å². The minimum Gasteiger partial charge on any atom is -0.302 e. The van der Waals surface area contributed by atoms with Crippen molar-refractivity contribution in [1.29, 1.82) is 0 Å². The molecule has 14 heavy (non-hydrogen) atoms. The zero-order chi connectivity index (χ0) is 9.38. The quantitative estimate of drug-likeness (QED) is 0.626. The third-order valence-corrected chi connectivity index (χ3v) is 2.42. The smallest absolute Gasteiger partial charge is 0.0630 e. The Hall–Kier alpha value is -1.96. The molecule has 68 valence electrons. The van der Waals surface area contributed by atoms with E-state index in [-0.39, 0.29) is 0 Å². The van der Waals surface area contributed by atoms with Gasteiger partial charge in [0.05, 0.1) is 5.70 Å². The third kappa shape index (κ3) is 1.04. The fourth-order valence-electron chi connectivity index (χ4n) is 1.71. The first kappa shape index (κ1) is 7.44. The maximum absolute atomic E-state index is 3.16. The molecular weight excluding hydrogens is 172 g/mol. The van der Waals surface area contributed by atoms with E-state index in [1.165, 1.54) is 16.1 Å². The van der Waals surface area contributed by atoms with Crippen molar-refractivity contribution in [2.24, 2.45) is 0 Å². The highest BCUT2D eigenvalue weighted by atomic mass is 15.5. The predicted octanol–water partition coefficient (Wildman–Crippen LogP) is 0.437. The second-order valence-electron chi connectivity index (χ2n) is 3.35. The van der Waals surface area contributed by atoms with Crippen LogP contribution in [0.15, 0.2) is 48.3 Å². The molecule has 3 rings (SSSR count). The first-order chi connectivity index (χ1) is 6.93. The van der Waals surface area contributed by atoms with Crippen molar-refractivity contribution in [1.82, 2.24) is 10.4 Å². The van der Waals surface area contributed by atoms with E-state index in [0.29, 0.717) is 0 Å². The first-order valence-corrected chi connectivity index (χ1v) is 4.64. The summed E-state index contributed by atoms with van der Waals surface area (Å²) in [5.41, 5.74) is 4.33. The van der Waals surface area contributed by atoms with Crippen LogP contribution in [0.2, 0.25) is 0 Å². The molecule has 0 saturated heterocycles. The van der Waals surface area contributed by atoms with Gasteiger partial charge in [-0.1, -0.05) is 24.3 Å². The van der Waals surface area contributed by atoms with Crippen molar-refractivity contribution in [2.45, 2.75) is 0 Å². The lowest BCUT2D eigenvalue weighted by Crippen LogP contribution is -2.39. The lowest BCUT2D eigenvalue weighted by atomic mass is 10.1. The molecule has 2 aliphatic heterocycles. The van der Waals surface area contributed by atoms with Crippen LogP contribution in [0.5, 0.6) is 0 Å². The Morgan fingerprint density at radius 1 is 1.07 bits per heavy atom. The van der Waals surface area contributed by atoms with Crippen LogP contribution in [0, 0.1) is 0 Å². The van der Waals surface area contributed by atoms with Crippen molar-refractivity contribution >= 4 is 12.3 Å². The van der Waals surface area contributed by atoms with Crippen LogP contribution in [0.3, 0.4) is 0 Å². The highest BCUT2D eigenvalue weighted by Crippen LogP contribution is 2.09. The molecule has 2 aliphatic rings. The minimum absolute atomic E-state index is 1.17. The summed E-state index contributed by atoms with van der Waals surface area (Å²) in [4.78, 5) is 0. The van der Waals surface area contributed by atoms with Gasteiger partial charge in [-0.05, 0) is 23.4 Å². The van der Waals surface area contributed by atoms with E-state index in [4.69, 9.17) is 0 Å². The number of allylic oxidation sites excluding steroid dienone is 3. The summed E-state index contributed by atoms with van der Waals surface area (Å²) in [5.74, 6) is 0. The molecule has 1 aromatic rings. The molecule has 0 atom stereocenters. The van der Waals surface area contributed by atoms with E-state index in [1.54, 1.807) is 0 Å². The Kier molecular flexibility index (Phi) is 1.47. The van der Waals surface area contributed by atoms with E-state index in [1.807, 2.05) is 17.3 Å². The standard InChI is InChI=1S/C12H10N2/c1-2-5-11-9-14-12(6-3-7-13-14)8-10(11)4-1/h1-9,13H. The van der Waals surface area contributed by atoms with Crippen LogP contribution >= 0.6 is 0 Å². The molecule has 0 unspecified atom stereocenters. The Labute approximate surface area is 82.1 Å². The number of hydrogen-bond donors (Lipinski definition) is 1. The molecule has 0 aromatic heterocycles. The Morgan fingerprint density at radius 2 is 1.93 bits per heavy atom. The lowest BCUT2D eigenvalue weighted by Gasteiger charge is -2.25. The summed E-state index contributed by atoms with van der Waals surface area (Å²) in [6.07, 6.45) is 10.3. The highest BCUT2D eigenvalue weighted by molar-refractivity contribution is 5.55. The summed E-state index contributed by atoms with van der Waals surface area (Å²) in [7, 11) is 0. The molecule has 2 heteroatoms. The first-order valence-electron chi connectivity index (χ1n) is 4.64. The SMILES string of the molecule is C1=CNN2C=c3ccccc3=CC2=C1. The Morgan fingerprint density at radius 3 is 2.86 bits per heavy atom. The Bertz CT molecular complexity index is 538. The highest BCUT2D eigenvalue weighted by Gasteiger charge is 2.07. The number of nitrogens with one attached hydrogen (secondary N) is 1. The van der Waals surface area contributed by atoms with E-state index in [2.05, 4.69) is 48.0 Å². The van der Waals surface area contributed by atoms with Crippen LogP contribution in [0.25, 0.3) is 12.3 Å². The van der Waals surface area contributed by atoms with Crippen LogP contribution in [0.4, 0.5) is 0 Å². The summed E-state index contributed by atoms with van der Waals surface area (Å²) < 4.78 is 0. The van der Waals surface area contributed by atoms with Gasteiger partial charge in [0.2, 0.25) is 0 Å². The van der Waals surface area contributed by atoms with Crippen molar-refractivity contribution in [2.75, 3.05) is 0 Å². The molecule has 0 saturated carbocycles. The van der Waals surface area contributed by atoms with E-state index in [0.717, 1.165) is 0 Å². The predicted molar refractivity (Wildman–Crippen MR) is 56.8 cm³/mol. The average Bonchev–Trinajstić information content (AvgIpc) is 2.26. The maximum atomic E-state index is 3.16. The summed E-state index contributed by atoms with van der Waals surface area (Å²) >= 11 is 0. The van der Waals surface area contributed by atoms with Gasteiger partial charge in [0.15, 0.2) is 0 Å². The second-order valence-corrected chi connectivity index (χ2v) is 3.35. The zero-order valence-corrected chi connectivity index (χ0v) is 7.64. The monoisotopic (exact) mass is 182 g/mol. The number of rotatable bonds is 0. The van der Waals surface area contributed by atoms with Gasteiger partial charge in [-0.3, -0.25) is 5.01 Å². The molecule has 1 aromatic carbocycles. The number of hydrogen-bond acceptors (Lipinski definition) is 2. The molecule has 0 amide bonds. The Balaban J connectivity index is 2.29. The molecule has 2 nitrogen and oxygen atoms in total. The fraction of sp³-hybridized carbons (Fsp3) is 0. The zero-order valence-electron chi connectivity index (χ0n) is 7.64. The molecule has 2 heterocycles. The summed E-state index contributed by atoms with van der Waals surface area (Å²) in [6.45, 7) is 0. The van der Waals surface area contributed by atoms with Crippen LogP contribution < -0.4 is 15.9 Å². The molecule has 0 spiro atoms.